The van der Waals surface area contributed by atoms with Crippen LogP contribution >= 0.6 is 35.1 Å². The normalized spacial score (nSPS) is 10.9. The maximum Gasteiger partial charge on any atom is 0.301 e. The Morgan fingerprint density at radius 1 is 1.13 bits per heavy atom. The van der Waals surface area contributed by atoms with Gasteiger partial charge in [0.05, 0.1) is 5.02 Å². The Balaban J connectivity index is 1.63. The fourth-order valence-corrected chi connectivity index (χ4v) is 2.86. The smallest absolute Gasteiger partial charge is 0.301 e. The van der Waals surface area contributed by atoms with Gasteiger partial charge in [-0.3, -0.25) is 10.2 Å². The van der Waals surface area contributed by atoms with E-state index in [9.17, 15) is 9.18 Å². The Bertz CT molecular complexity index is 885. The molecule has 1 aromatic heterocycles. The Morgan fingerprint density at radius 3 is 2.74 bits per heavy atom. The number of carbonyl (C=O) groups is 1. The molecule has 0 aliphatic heterocycles. The lowest BCUT2D eigenvalue weighted by Gasteiger charge is -2.05. The van der Waals surface area contributed by atoms with E-state index in [1.165, 1.54) is 18.2 Å². The van der Waals surface area contributed by atoms with Gasteiger partial charge in [0.2, 0.25) is 0 Å². The molecule has 0 radical (unpaired) electrons. The van der Waals surface area contributed by atoms with Crippen molar-refractivity contribution in [3.8, 4) is 0 Å². The van der Waals surface area contributed by atoms with Crippen molar-refractivity contribution in [1.29, 1.82) is 0 Å². The first kappa shape index (κ1) is 16.1. The average Bonchev–Trinajstić information content (AvgIpc) is 2.94. The van der Waals surface area contributed by atoms with Crippen molar-refractivity contribution in [2.45, 2.75) is 4.90 Å². The van der Waals surface area contributed by atoms with Crippen LogP contribution in [0.3, 0.4) is 0 Å². The van der Waals surface area contributed by atoms with E-state index in [1.54, 1.807) is 24.3 Å². The van der Waals surface area contributed by atoms with Gasteiger partial charge in [0, 0.05) is 15.3 Å². The zero-order chi connectivity index (χ0) is 16.4. The van der Waals surface area contributed by atoms with Crippen LogP contribution in [0.4, 0.5) is 4.39 Å². The van der Waals surface area contributed by atoms with Gasteiger partial charge in [0.25, 0.3) is 0 Å². The minimum Gasteiger partial charge on any atom is -0.451 e. The van der Waals surface area contributed by atoms with E-state index in [1.807, 2.05) is 0 Å². The minimum absolute atomic E-state index is 0.0114. The van der Waals surface area contributed by atoms with Gasteiger partial charge in [0.1, 0.15) is 11.4 Å². The van der Waals surface area contributed by atoms with Crippen molar-refractivity contribution in [2.75, 3.05) is 0 Å². The van der Waals surface area contributed by atoms with Crippen LogP contribution in [0.5, 0.6) is 0 Å². The maximum atomic E-state index is 13.0. The topological polar surface area (TPSA) is 54.3 Å². The Kier molecular flexibility index (Phi) is 4.77. The van der Waals surface area contributed by atoms with Crippen molar-refractivity contribution in [2.24, 2.45) is 0 Å². The highest BCUT2D eigenvalue weighted by molar-refractivity contribution is 7.97. The van der Waals surface area contributed by atoms with Crippen LogP contribution in [-0.4, -0.2) is 5.91 Å². The first-order chi connectivity index (χ1) is 11.0. The van der Waals surface area contributed by atoms with Gasteiger partial charge in [0.15, 0.2) is 5.76 Å². The molecule has 0 saturated heterocycles. The van der Waals surface area contributed by atoms with E-state index in [2.05, 4.69) is 10.3 Å². The number of furan rings is 1. The van der Waals surface area contributed by atoms with Crippen LogP contribution in [0, 0.1) is 5.82 Å². The number of hydrogen-bond donors (Lipinski definition) is 2. The van der Waals surface area contributed by atoms with Crippen molar-refractivity contribution in [3.63, 3.8) is 0 Å². The van der Waals surface area contributed by atoms with E-state index >= 15 is 0 Å². The summed E-state index contributed by atoms with van der Waals surface area (Å²) in [4.78, 5) is 15.3. The number of fused-ring (bicyclic) bond motifs is 1. The second-order valence-corrected chi connectivity index (χ2v) is 6.25. The molecular formula is C15H9Cl2FN2O2S. The van der Waals surface area contributed by atoms with E-state index in [-0.39, 0.29) is 10.8 Å². The SMILES string of the molecule is O=C(NNSc1ccc(F)c(Cl)c1)c1cc2cc(Cl)ccc2o1. The van der Waals surface area contributed by atoms with Gasteiger partial charge in [-0.05, 0) is 54.4 Å². The number of halogens is 3. The molecule has 0 spiro atoms. The molecule has 4 nitrogen and oxygen atoms in total. The Labute approximate surface area is 145 Å². The number of rotatable bonds is 4. The number of benzene rings is 2. The molecule has 0 fully saturated rings. The fourth-order valence-electron chi connectivity index (χ4n) is 1.86. The monoisotopic (exact) mass is 370 g/mol. The highest BCUT2D eigenvalue weighted by Crippen LogP contribution is 2.24. The van der Waals surface area contributed by atoms with Crippen LogP contribution in [0.1, 0.15) is 10.6 Å². The van der Waals surface area contributed by atoms with Crippen LogP contribution in [0.15, 0.2) is 51.8 Å². The molecule has 3 aromatic rings. The Hall–Kier alpha value is -1.73. The molecule has 3 rings (SSSR count). The molecule has 0 unspecified atom stereocenters. The second kappa shape index (κ2) is 6.80. The van der Waals surface area contributed by atoms with Crippen LogP contribution in [0.2, 0.25) is 10.0 Å². The lowest BCUT2D eigenvalue weighted by atomic mass is 10.2. The molecule has 0 bridgehead atoms. The molecule has 0 aliphatic rings. The summed E-state index contributed by atoms with van der Waals surface area (Å²) in [5.41, 5.74) is 3.03. The van der Waals surface area contributed by atoms with Gasteiger partial charge in [-0.15, -0.1) is 0 Å². The molecule has 2 aromatic carbocycles. The summed E-state index contributed by atoms with van der Waals surface area (Å²) in [6.45, 7) is 0. The molecule has 8 heteroatoms. The predicted molar refractivity (Wildman–Crippen MR) is 89.1 cm³/mol. The zero-order valence-electron chi connectivity index (χ0n) is 11.4. The van der Waals surface area contributed by atoms with Gasteiger partial charge < -0.3 is 4.42 Å². The molecule has 1 heterocycles. The third kappa shape index (κ3) is 3.79. The molecule has 118 valence electrons. The Morgan fingerprint density at radius 2 is 1.96 bits per heavy atom. The molecular weight excluding hydrogens is 362 g/mol. The summed E-state index contributed by atoms with van der Waals surface area (Å²) >= 11 is 12.6. The molecule has 0 saturated carbocycles. The third-order valence-electron chi connectivity index (χ3n) is 2.93. The first-order valence-electron chi connectivity index (χ1n) is 6.39. The third-order valence-corrected chi connectivity index (χ3v) is 4.15. The maximum absolute atomic E-state index is 13.0. The summed E-state index contributed by atoms with van der Waals surface area (Å²) in [6, 6.07) is 10.9. The highest BCUT2D eigenvalue weighted by atomic mass is 35.5. The number of amides is 1. The summed E-state index contributed by atoms with van der Waals surface area (Å²) in [5, 5.41) is 1.31. The number of carbonyl (C=O) groups excluding carboxylic acids is 1. The summed E-state index contributed by atoms with van der Waals surface area (Å²) in [6.07, 6.45) is 0. The number of nitrogens with one attached hydrogen (secondary N) is 2. The fraction of sp³-hybridized carbons (Fsp3) is 0. The van der Waals surface area contributed by atoms with Crippen molar-refractivity contribution in [3.05, 3.63) is 64.1 Å². The zero-order valence-corrected chi connectivity index (χ0v) is 13.7. The largest absolute Gasteiger partial charge is 0.451 e. The number of hydrogen-bond acceptors (Lipinski definition) is 4. The van der Waals surface area contributed by atoms with E-state index < -0.39 is 11.7 Å². The lowest BCUT2D eigenvalue weighted by molar-refractivity contribution is 0.0921. The lowest BCUT2D eigenvalue weighted by Crippen LogP contribution is -2.32. The van der Waals surface area contributed by atoms with E-state index in [0.717, 1.165) is 17.3 Å². The standard InChI is InChI=1S/C15H9Cl2FN2O2S/c16-9-1-4-13-8(5-9)6-14(22-13)15(21)19-20-23-10-2-3-12(18)11(17)7-10/h1-7,20H,(H,19,21). The predicted octanol–water partition coefficient (Wildman–Crippen LogP) is 4.82. The van der Waals surface area contributed by atoms with Gasteiger partial charge in [-0.2, -0.15) is 4.83 Å². The van der Waals surface area contributed by atoms with Gasteiger partial charge >= 0.3 is 5.91 Å². The summed E-state index contributed by atoms with van der Waals surface area (Å²) in [7, 11) is 0. The quantitative estimate of drug-likeness (QED) is 0.510. The molecule has 23 heavy (non-hydrogen) atoms. The molecule has 0 atom stereocenters. The molecule has 2 N–H and O–H groups in total. The first-order valence-corrected chi connectivity index (χ1v) is 7.96. The van der Waals surface area contributed by atoms with Crippen molar-refractivity contribution < 1.29 is 13.6 Å². The summed E-state index contributed by atoms with van der Waals surface area (Å²) < 4.78 is 18.5. The highest BCUT2D eigenvalue weighted by Gasteiger charge is 2.12. The van der Waals surface area contributed by atoms with E-state index in [4.69, 9.17) is 27.6 Å². The van der Waals surface area contributed by atoms with Crippen LogP contribution < -0.4 is 10.3 Å². The van der Waals surface area contributed by atoms with E-state index in [0.29, 0.717) is 15.5 Å². The average molecular weight is 371 g/mol. The summed E-state index contributed by atoms with van der Waals surface area (Å²) in [5.74, 6) is -0.800. The minimum atomic E-state index is -0.499. The van der Waals surface area contributed by atoms with Crippen LogP contribution in [0.25, 0.3) is 11.0 Å². The van der Waals surface area contributed by atoms with Gasteiger partial charge in [-0.25, -0.2) is 4.39 Å². The molecule has 1 amide bonds. The van der Waals surface area contributed by atoms with Crippen molar-refractivity contribution in [1.82, 2.24) is 10.3 Å². The number of hydrazine groups is 1. The van der Waals surface area contributed by atoms with Gasteiger partial charge in [-0.1, -0.05) is 23.2 Å². The second-order valence-electron chi connectivity index (χ2n) is 4.53. The van der Waals surface area contributed by atoms with Crippen LogP contribution in [-0.2, 0) is 0 Å². The molecule has 0 aliphatic carbocycles. The van der Waals surface area contributed by atoms with Crippen molar-refractivity contribution >= 4 is 52.0 Å².